The van der Waals surface area contributed by atoms with Crippen molar-refractivity contribution in [2.45, 2.75) is 65.9 Å². The lowest BCUT2D eigenvalue weighted by molar-refractivity contribution is -0.0477. The number of hydrogen-bond acceptors (Lipinski definition) is 4. The van der Waals surface area contributed by atoms with Gasteiger partial charge in [0, 0.05) is 30.3 Å². The van der Waals surface area contributed by atoms with Gasteiger partial charge < -0.3 is 18.0 Å². The van der Waals surface area contributed by atoms with Gasteiger partial charge in [0.2, 0.25) is 0 Å². The summed E-state index contributed by atoms with van der Waals surface area (Å²) in [5.41, 5.74) is 0. The van der Waals surface area contributed by atoms with Crippen molar-refractivity contribution in [3.05, 3.63) is 0 Å². The Morgan fingerprint density at radius 2 is 1.28 bits per heavy atom. The van der Waals surface area contributed by atoms with E-state index < -0.39 is 8.80 Å². The fourth-order valence-electron chi connectivity index (χ4n) is 2.06. The molecule has 0 spiro atoms. The van der Waals surface area contributed by atoms with E-state index in [1.807, 2.05) is 41.5 Å². The van der Waals surface area contributed by atoms with Crippen LogP contribution < -0.4 is 0 Å². The van der Waals surface area contributed by atoms with E-state index in [4.69, 9.17) is 18.0 Å². The first-order chi connectivity index (χ1) is 8.33. The standard InChI is InChI=1S/C13H28O4Si/c1-10(2)15-18(16-11(3)4,17-12(5)6)9-13-7-14-8-13/h10-13H,7-9H2,1-6H3. The maximum atomic E-state index is 6.10. The molecule has 0 bridgehead atoms. The quantitative estimate of drug-likeness (QED) is 0.639. The summed E-state index contributed by atoms with van der Waals surface area (Å²) in [6, 6.07) is 0.863. The van der Waals surface area contributed by atoms with Crippen molar-refractivity contribution in [2.24, 2.45) is 5.92 Å². The Kier molecular flexibility index (Phi) is 6.27. The van der Waals surface area contributed by atoms with Gasteiger partial charge in [0.05, 0.1) is 13.2 Å². The summed E-state index contributed by atoms with van der Waals surface area (Å²) in [7, 11) is -2.60. The molecule has 0 saturated carbocycles. The molecule has 1 rings (SSSR count). The lowest BCUT2D eigenvalue weighted by Gasteiger charge is -2.38. The molecule has 0 aromatic rings. The first-order valence-corrected chi connectivity index (χ1v) is 8.87. The number of ether oxygens (including phenoxy) is 1. The van der Waals surface area contributed by atoms with Gasteiger partial charge in [0.1, 0.15) is 0 Å². The van der Waals surface area contributed by atoms with Crippen LogP contribution in [0.15, 0.2) is 0 Å². The third kappa shape index (κ3) is 5.36. The molecule has 4 nitrogen and oxygen atoms in total. The first kappa shape index (κ1) is 16.1. The third-order valence-electron chi connectivity index (χ3n) is 2.49. The molecule has 1 saturated heterocycles. The summed E-state index contributed by atoms with van der Waals surface area (Å²) in [4.78, 5) is 0. The number of rotatable bonds is 8. The zero-order valence-electron chi connectivity index (χ0n) is 12.6. The molecule has 1 aliphatic rings. The second-order valence-corrected chi connectivity index (χ2v) is 8.27. The van der Waals surface area contributed by atoms with Crippen molar-refractivity contribution >= 4 is 8.80 Å². The molecule has 1 heterocycles. The summed E-state index contributed by atoms with van der Waals surface area (Å²) < 4.78 is 23.6. The molecule has 1 aliphatic heterocycles. The van der Waals surface area contributed by atoms with E-state index in [2.05, 4.69) is 0 Å². The predicted molar refractivity (Wildman–Crippen MR) is 73.5 cm³/mol. The Morgan fingerprint density at radius 3 is 1.50 bits per heavy atom. The van der Waals surface area contributed by atoms with Crippen molar-refractivity contribution < 1.29 is 18.0 Å². The third-order valence-corrected chi connectivity index (χ3v) is 6.06. The summed E-state index contributed by atoms with van der Waals surface area (Å²) in [5.74, 6) is 0.521. The first-order valence-electron chi connectivity index (χ1n) is 6.94. The van der Waals surface area contributed by atoms with Crippen LogP contribution >= 0.6 is 0 Å². The van der Waals surface area contributed by atoms with Crippen LogP contribution in [0.3, 0.4) is 0 Å². The average Bonchev–Trinajstić information content (AvgIpc) is 2.07. The molecule has 0 aromatic carbocycles. The minimum absolute atomic E-state index is 0.121. The predicted octanol–water partition coefficient (Wildman–Crippen LogP) is 2.85. The second-order valence-electron chi connectivity index (χ2n) is 5.79. The van der Waals surface area contributed by atoms with Gasteiger partial charge in [-0.3, -0.25) is 0 Å². The molecular formula is C13H28O4Si. The van der Waals surface area contributed by atoms with Crippen LogP contribution in [0.2, 0.25) is 6.04 Å². The van der Waals surface area contributed by atoms with Crippen molar-refractivity contribution in [2.75, 3.05) is 13.2 Å². The van der Waals surface area contributed by atoms with Crippen molar-refractivity contribution in [1.29, 1.82) is 0 Å². The van der Waals surface area contributed by atoms with E-state index >= 15 is 0 Å². The fraction of sp³-hybridized carbons (Fsp3) is 1.00. The monoisotopic (exact) mass is 276 g/mol. The fourth-order valence-corrected chi connectivity index (χ4v) is 5.61. The van der Waals surface area contributed by atoms with Crippen molar-refractivity contribution in [1.82, 2.24) is 0 Å². The molecule has 0 aliphatic carbocycles. The minimum atomic E-state index is -2.60. The topological polar surface area (TPSA) is 36.9 Å². The molecule has 1 fully saturated rings. The highest BCUT2D eigenvalue weighted by atomic mass is 28.4. The van der Waals surface area contributed by atoms with Crippen LogP contribution in [0.1, 0.15) is 41.5 Å². The molecule has 0 radical (unpaired) electrons. The Bertz CT molecular complexity index is 213. The normalized spacial score (nSPS) is 17.8. The van der Waals surface area contributed by atoms with E-state index in [9.17, 15) is 0 Å². The molecule has 0 aromatic heterocycles. The molecule has 0 unspecified atom stereocenters. The van der Waals surface area contributed by atoms with E-state index in [1.165, 1.54) is 0 Å². The van der Waals surface area contributed by atoms with Gasteiger partial charge in [0.25, 0.3) is 0 Å². The summed E-state index contributed by atoms with van der Waals surface area (Å²) >= 11 is 0. The van der Waals surface area contributed by atoms with Crippen LogP contribution in [-0.4, -0.2) is 40.3 Å². The molecule has 0 atom stereocenters. The average molecular weight is 276 g/mol. The Labute approximate surface area is 112 Å². The molecule has 108 valence electrons. The summed E-state index contributed by atoms with van der Waals surface area (Å²) in [6.07, 6.45) is 0.362. The molecule has 18 heavy (non-hydrogen) atoms. The van der Waals surface area contributed by atoms with Gasteiger partial charge in [0.15, 0.2) is 0 Å². The van der Waals surface area contributed by atoms with Crippen LogP contribution in [0.4, 0.5) is 0 Å². The summed E-state index contributed by atoms with van der Waals surface area (Å²) in [6.45, 7) is 13.8. The van der Waals surface area contributed by atoms with E-state index in [1.54, 1.807) is 0 Å². The highest BCUT2D eigenvalue weighted by molar-refractivity contribution is 6.61. The zero-order valence-corrected chi connectivity index (χ0v) is 13.6. The summed E-state index contributed by atoms with van der Waals surface area (Å²) in [5, 5.41) is 0. The zero-order chi connectivity index (χ0) is 13.8. The van der Waals surface area contributed by atoms with E-state index in [-0.39, 0.29) is 18.3 Å². The Balaban J connectivity index is 2.75. The maximum absolute atomic E-state index is 6.10. The van der Waals surface area contributed by atoms with Gasteiger partial charge in [-0.25, -0.2) is 0 Å². The van der Waals surface area contributed by atoms with Gasteiger partial charge >= 0.3 is 8.80 Å². The van der Waals surface area contributed by atoms with E-state index in [0.29, 0.717) is 5.92 Å². The van der Waals surface area contributed by atoms with Gasteiger partial charge in [-0.2, -0.15) is 0 Å². The molecule has 0 N–H and O–H groups in total. The maximum Gasteiger partial charge on any atom is 0.502 e. The highest BCUT2D eigenvalue weighted by Crippen LogP contribution is 2.29. The highest BCUT2D eigenvalue weighted by Gasteiger charge is 2.47. The van der Waals surface area contributed by atoms with Gasteiger partial charge in [-0.05, 0) is 41.5 Å². The van der Waals surface area contributed by atoms with Crippen LogP contribution in [-0.2, 0) is 18.0 Å². The van der Waals surface area contributed by atoms with Crippen molar-refractivity contribution in [3.8, 4) is 0 Å². The largest absolute Gasteiger partial charge is 0.502 e. The lowest BCUT2D eigenvalue weighted by Crippen LogP contribution is -2.53. The van der Waals surface area contributed by atoms with Crippen LogP contribution in [0.5, 0.6) is 0 Å². The van der Waals surface area contributed by atoms with Gasteiger partial charge in [-0.1, -0.05) is 0 Å². The number of hydrogen-bond donors (Lipinski definition) is 0. The second kappa shape index (κ2) is 7.00. The van der Waals surface area contributed by atoms with Gasteiger partial charge in [-0.15, -0.1) is 0 Å². The van der Waals surface area contributed by atoms with E-state index in [0.717, 1.165) is 19.3 Å². The molecular weight excluding hydrogens is 248 g/mol. The molecule has 5 heteroatoms. The Morgan fingerprint density at radius 1 is 0.889 bits per heavy atom. The molecule has 0 amide bonds. The van der Waals surface area contributed by atoms with Crippen LogP contribution in [0.25, 0.3) is 0 Å². The minimum Gasteiger partial charge on any atom is -0.381 e. The van der Waals surface area contributed by atoms with Crippen molar-refractivity contribution in [3.63, 3.8) is 0 Å². The smallest absolute Gasteiger partial charge is 0.381 e. The van der Waals surface area contributed by atoms with Crippen LogP contribution in [0, 0.1) is 5.92 Å². The lowest BCUT2D eigenvalue weighted by atomic mass is 10.1. The Hall–Kier alpha value is 0.0569. The SMILES string of the molecule is CC(C)O[Si](CC1COC1)(OC(C)C)OC(C)C.